The van der Waals surface area contributed by atoms with Gasteiger partial charge in [0.15, 0.2) is 5.82 Å². The highest BCUT2D eigenvalue weighted by Crippen LogP contribution is 2.24. The Morgan fingerprint density at radius 1 is 1.54 bits per heavy atom. The van der Waals surface area contributed by atoms with Crippen LogP contribution in [0.1, 0.15) is 24.6 Å². The third kappa shape index (κ3) is 1.62. The number of nitrogen functional groups attached to an aromatic ring is 1. The van der Waals surface area contributed by atoms with Crippen molar-refractivity contribution in [1.82, 2.24) is 10.2 Å². The van der Waals surface area contributed by atoms with Crippen LogP contribution in [0.2, 0.25) is 0 Å². The van der Waals surface area contributed by atoms with Gasteiger partial charge in [0.05, 0.1) is 5.69 Å². The van der Waals surface area contributed by atoms with Crippen molar-refractivity contribution in [3.63, 3.8) is 0 Å². The summed E-state index contributed by atoms with van der Waals surface area (Å²) in [4.78, 5) is 0. The normalized spacial score (nSPS) is 20.9. The number of anilines is 1. The molecule has 1 aliphatic rings. The molecule has 0 amide bonds. The van der Waals surface area contributed by atoms with Gasteiger partial charge in [0, 0.05) is 0 Å². The van der Waals surface area contributed by atoms with E-state index in [1.807, 2.05) is 6.07 Å². The molecule has 0 aromatic carbocycles. The predicted molar refractivity (Wildman–Crippen MR) is 51.0 cm³/mol. The zero-order valence-corrected chi connectivity index (χ0v) is 7.75. The molecule has 1 aromatic rings. The minimum Gasteiger partial charge on any atom is -0.307 e. The summed E-state index contributed by atoms with van der Waals surface area (Å²) in [6.45, 7) is 2.26. The van der Waals surface area contributed by atoms with E-state index < -0.39 is 0 Å². The van der Waals surface area contributed by atoms with E-state index in [4.69, 9.17) is 5.84 Å². The summed E-state index contributed by atoms with van der Waals surface area (Å²) in [5.41, 5.74) is 4.95. The Kier molecular flexibility index (Phi) is 2.14. The second kappa shape index (κ2) is 3.30. The molecule has 0 fully saturated rings. The first-order valence-electron chi connectivity index (χ1n) is 4.61. The van der Waals surface area contributed by atoms with Gasteiger partial charge in [-0.2, -0.15) is 5.10 Å². The third-order valence-corrected chi connectivity index (χ3v) is 2.55. The fraction of sp³-hybridized carbons (Fsp3) is 0.556. The fourth-order valence-electron chi connectivity index (χ4n) is 1.77. The van der Waals surface area contributed by atoms with E-state index in [-0.39, 0.29) is 0 Å². The number of hydrogen-bond acceptors (Lipinski definition) is 4. The lowest BCUT2D eigenvalue weighted by atomic mass is 9.88. The predicted octanol–water partition coefficient (Wildman–Crippen LogP) is 0.887. The maximum Gasteiger partial charge on any atom is 0.162 e. The van der Waals surface area contributed by atoms with E-state index in [0.29, 0.717) is 5.82 Å². The highest BCUT2D eigenvalue weighted by atomic mass is 15.3. The summed E-state index contributed by atoms with van der Waals surface area (Å²) in [7, 11) is 0. The Bertz CT molecular complexity index is 310. The van der Waals surface area contributed by atoms with Gasteiger partial charge in [-0.25, -0.2) is 5.84 Å². The molecule has 1 heterocycles. The molecule has 0 saturated heterocycles. The first-order chi connectivity index (χ1) is 6.29. The van der Waals surface area contributed by atoms with Crippen molar-refractivity contribution < 1.29 is 0 Å². The number of rotatable bonds is 1. The van der Waals surface area contributed by atoms with Crippen LogP contribution in [0.3, 0.4) is 0 Å². The topological polar surface area (TPSA) is 63.8 Å². The minimum absolute atomic E-state index is 0.660. The van der Waals surface area contributed by atoms with E-state index in [2.05, 4.69) is 22.5 Å². The molecule has 1 atom stereocenters. The third-order valence-electron chi connectivity index (χ3n) is 2.55. The number of fused-ring (bicyclic) bond motifs is 1. The average molecular weight is 178 g/mol. The van der Waals surface area contributed by atoms with Crippen molar-refractivity contribution in [1.29, 1.82) is 0 Å². The molecule has 0 spiro atoms. The summed E-state index contributed by atoms with van der Waals surface area (Å²) in [6.07, 6.45) is 3.37. The lowest BCUT2D eigenvalue weighted by Crippen LogP contribution is -2.16. The van der Waals surface area contributed by atoms with Gasteiger partial charge in [0.1, 0.15) is 0 Å². The number of hydrazine groups is 1. The Morgan fingerprint density at radius 3 is 3.15 bits per heavy atom. The van der Waals surface area contributed by atoms with E-state index in [1.54, 1.807) is 0 Å². The molecular weight excluding hydrogens is 164 g/mol. The number of aromatic nitrogens is 2. The molecule has 4 heteroatoms. The van der Waals surface area contributed by atoms with E-state index in [9.17, 15) is 0 Å². The standard InChI is InChI=1S/C9H14N4/c1-6-2-3-8-7(4-6)5-9(11-10)13-12-8/h5-6H,2-4,10H2,1H3,(H,11,13)/t6-/m1/s1. The lowest BCUT2D eigenvalue weighted by molar-refractivity contribution is 0.490. The summed E-state index contributed by atoms with van der Waals surface area (Å²) >= 11 is 0. The van der Waals surface area contributed by atoms with Crippen molar-refractivity contribution in [2.75, 3.05) is 5.43 Å². The number of aryl methyl sites for hydroxylation is 1. The van der Waals surface area contributed by atoms with Gasteiger partial charge in [0.2, 0.25) is 0 Å². The van der Waals surface area contributed by atoms with Gasteiger partial charge in [0.25, 0.3) is 0 Å². The highest BCUT2D eigenvalue weighted by Gasteiger charge is 2.16. The first-order valence-corrected chi connectivity index (χ1v) is 4.61. The molecule has 0 radical (unpaired) electrons. The number of nitrogens with one attached hydrogen (secondary N) is 1. The van der Waals surface area contributed by atoms with Crippen molar-refractivity contribution >= 4 is 5.82 Å². The van der Waals surface area contributed by atoms with Gasteiger partial charge in [-0.15, -0.1) is 5.10 Å². The van der Waals surface area contributed by atoms with Gasteiger partial charge < -0.3 is 5.43 Å². The summed E-state index contributed by atoms with van der Waals surface area (Å²) < 4.78 is 0. The second-order valence-corrected chi connectivity index (χ2v) is 3.69. The average Bonchev–Trinajstić information content (AvgIpc) is 2.16. The molecule has 1 aromatic heterocycles. The molecule has 1 aliphatic carbocycles. The fourth-order valence-corrected chi connectivity index (χ4v) is 1.77. The van der Waals surface area contributed by atoms with Crippen molar-refractivity contribution in [3.05, 3.63) is 17.3 Å². The van der Waals surface area contributed by atoms with Gasteiger partial charge in [-0.3, -0.25) is 0 Å². The highest BCUT2D eigenvalue weighted by molar-refractivity contribution is 5.37. The van der Waals surface area contributed by atoms with Crippen LogP contribution in [0, 0.1) is 5.92 Å². The van der Waals surface area contributed by atoms with Crippen LogP contribution < -0.4 is 11.3 Å². The van der Waals surface area contributed by atoms with E-state index in [0.717, 1.165) is 24.5 Å². The molecule has 13 heavy (non-hydrogen) atoms. The summed E-state index contributed by atoms with van der Waals surface area (Å²) in [5.74, 6) is 6.68. The molecule has 0 aliphatic heterocycles. The van der Waals surface area contributed by atoms with Crippen LogP contribution in [0.15, 0.2) is 6.07 Å². The van der Waals surface area contributed by atoms with Gasteiger partial charge in [-0.1, -0.05) is 6.92 Å². The Labute approximate surface area is 77.5 Å². The summed E-state index contributed by atoms with van der Waals surface area (Å²) in [6, 6.07) is 2.00. The Hall–Kier alpha value is -1.16. The number of hydrogen-bond donors (Lipinski definition) is 2. The van der Waals surface area contributed by atoms with Crippen LogP contribution in [-0.2, 0) is 12.8 Å². The van der Waals surface area contributed by atoms with Crippen molar-refractivity contribution in [2.24, 2.45) is 11.8 Å². The minimum atomic E-state index is 0.660. The first kappa shape index (κ1) is 8.44. The van der Waals surface area contributed by atoms with Crippen LogP contribution in [-0.4, -0.2) is 10.2 Å². The lowest BCUT2D eigenvalue weighted by Gasteiger charge is -2.19. The van der Waals surface area contributed by atoms with E-state index in [1.165, 1.54) is 12.0 Å². The van der Waals surface area contributed by atoms with Gasteiger partial charge >= 0.3 is 0 Å². The molecule has 4 nitrogen and oxygen atoms in total. The number of nitrogens with two attached hydrogens (primary N) is 1. The SMILES string of the molecule is C[C@@H]1CCc2nnc(NN)cc2C1. The molecule has 0 saturated carbocycles. The van der Waals surface area contributed by atoms with Crippen LogP contribution in [0.5, 0.6) is 0 Å². The maximum atomic E-state index is 5.27. The van der Waals surface area contributed by atoms with E-state index >= 15 is 0 Å². The maximum absolute atomic E-state index is 5.27. The zero-order valence-electron chi connectivity index (χ0n) is 7.75. The van der Waals surface area contributed by atoms with Crippen LogP contribution in [0.4, 0.5) is 5.82 Å². The van der Waals surface area contributed by atoms with Crippen LogP contribution in [0.25, 0.3) is 0 Å². The molecule has 0 unspecified atom stereocenters. The molecular formula is C9H14N4. The van der Waals surface area contributed by atoms with Gasteiger partial charge in [-0.05, 0) is 36.8 Å². The zero-order chi connectivity index (χ0) is 9.26. The Morgan fingerprint density at radius 2 is 2.38 bits per heavy atom. The molecule has 70 valence electrons. The van der Waals surface area contributed by atoms with Crippen molar-refractivity contribution in [3.8, 4) is 0 Å². The number of nitrogens with zero attached hydrogens (tertiary/aromatic N) is 2. The monoisotopic (exact) mass is 178 g/mol. The summed E-state index contributed by atoms with van der Waals surface area (Å²) in [5, 5.41) is 8.08. The van der Waals surface area contributed by atoms with Crippen LogP contribution >= 0.6 is 0 Å². The van der Waals surface area contributed by atoms with Crippen molar-refractivity contribution in [2.45, 2.75) is 26.2 Å². The Balaban J connectivity index is 2.32. The molecule has 2 rings (SSSR count). The smallest absolute Gasteiger partial charge is 0.162 e. The quantitative estimate of drug-likeness (QED) is 0.495. The molecule has 0 bridgehead atoms. The second-order valence-electron chi connectivity index (χ2n) is 3.69. The molecule has 3 N–H and O–H groups in total. The largest absolute Gasteiger partial charge is 0.307 e.